The van der Waals surface area contributed by atoms with Crippen molar-refractivity contribution in [2.75, 3.05) is 37.7 Å². The molecule has 7 nitrogen and oxygen atoms in total. The minimum absolute atomic E-state index is 0.0935. The van der Waals surface area contributed by atoms with Crippen LogP contribution in [0.15, 0.2) is 30.7 Å². The van der Waals surface area contributed by atoms with Gasteiger partial charge in [0.2, 0.25) is 5.95 Å². The molecule has 0 spiro atoms. The van der Waals surface area contributed by atoms with E-state index in [1.807, 2.05) is 24.2 Å². The molecule has 1 N–H and O–H groups in total. The third-order valence-corrected chi connectivity index (χ3v) is 5.19. The highest BCUT2D eigenvalue weighted by Gasteiger charge is 2.51. The summed E-state index contributed by atoms with van der Waals surface area (Å²) in [6.45, 7) is 3.18. The topological polar surface area (TPSA) is 72.3 Å². The summed E-state index contributed by atoms with van der Waals surface area (Å²) in [6.07, 6.45) is 4.20. The Morgan fingerprint density at radius 3 is 3.00 bits per heavy atom. The number of nitrogens with zero attached hydrogens (tertiary/aromatic N) is 4. The van der Waals surface area contributed by atoms with Crippen LogP contribution in [-0.2, 0) is 11.8 Å². The summed E-state index contributed by atoms with van der Waals surface area (Å²) in [4.78, 5) is 22.6. The quantitative estimate of drug-likeness (QED) is 0.889. The standard InChI is InChI=1S/C17H20FN5O2/c1-22-4-2-3-14(22)15(24)21-9-17-10-23(7-12(17)8-25-11-17)16-19-5-13(18)6-20-16/h2-6,12H,7-11H2,1H3,(H,21,24)/t12-,17+/m1/s1. The molecule has 2 fully saturated rings. The molecule has 0 unspecified atom stereocenters. The maximum atomic E-state index is 13.0. The molecular formula is C17H20FN5O2. The zero-order valence-corrected chi connectivity index (χ0v) is 14.0. The molecule has 132 valence electrons. The Hall–Kier alpha value is -2.48. The summed E-state index contributed by atoms with van der Waals surface area (Å²) in [5, 5.41) is 3.04. The number of fused-ring (bicyclic) bond motifs is 1. The molecule has 0 bridgehead atoms. The number of anilines is 1. The number of hydrogen-bond acceptors (Lipinski definition) is 5. The van der Waals surface area contributed by atoms with Gasteiger partial charge in [-0.2, -0.15) is 0 Å². The van der Waals surface area contributed by atoms with Gasteiger partial charge in [-0.25, -0.2) is 14.4 Å². The van der Waals surface area contributed by atoms with Crippen LogP contribution in [0.5, 0.6) is 0 Å². The molecule has 2 aliphatic heterocycles. The van der Waals surface area contributed by atoms with E-state index in [0.717, 1.165) is 6.54 Å². The SMILES string of the molecule is Cn1cccc1C(=O)NC[C@]12COC[C@H]1CN(c1ncc(F)cn1)C2. The number of rotatable bonds is 4. The van der Waals surface area contributed by atoms with Gasteiger partial charge in [0.05, 0.1) is 25.6 Å². The van der Waals surface area contributed by atoms with E-state index < -0.39 is 5.82 Å². The zero-order valence-electron chi connectivity index (χ0n) is 14.0. The predicted molar refractivity (Wildman–Crippen MR) is 88.7 cm³/mol. The molecule has 1 amide bonds. The fourth-order valence-electron chi connectivity index (χ4n) is 3.75. The lowest BCUT2D eigenvalue weighted by Gasteiger charge is -2.27. The molecule has 2 aromatic rings. The van der Waals surface area contributed by atoms with Crippen LogP contribution in [0.2, 0.25) is 0 Å². The highest BCUT2D eigenvalue weighted by atomic mass is 19.1. The third kappa shape index (κ3) is 2.86. The van der Waals surface area contributed by atoms with Crippen molar-refractivity contribution < 1.29 is 13.9 Å². The van der Waals surface area contributed by atoms with E-state index >= 15 is 0 Å². The molecular weight excluding hydrogens is 325 g/mol. The minimum Gasteiger partial charge on any atom is -0.380 e. The van der Waals surface area contributed by atoms with Crippen molar-refractivity contribution in [3.63, 3.8) is 0 Å². The van der Waals surface area contributed by atoms with E-state index in [-0.39, 0.29) is 17.2 Å². The predicted octanol–water partition coefficient (Wildman–Crippen LogP) is 0.837. The fourth-order valence-corrected chi connectivity index (χ4v) is 3.75. The van der Waals surface area contributed by atoms with Crippen LogP contribution < -0.4 is 10.2 Å². The molecule has 0 radical (unpaired) electrons. The number of ether oxygens (including phenoxy) is 1. The minimum atomic E-state index is -0.448. The molecule has 0 aliphatic carbocycles. The molecule has 0 saturated carbocycles. The number of carbonyl (C=O) groups is 1. The number of aryl methyl sites for hydroxylation is 1. The van der Waals surface area contributed by atoms with Crippen molar-refractivity contribution in [2.24, 2.45) is 18.4 Å². The molecule has 2 atom stereocenters. The van der Waals surface area contributed by atoms with Crippen LogP contribution in [0.1, 0.15) is 10.5 Å². The van der Waals surface area contributed by atoms with Gasteiger partial charge in [-0.15, -0.1) is 0 Å². The first-order valence-electron chi connectivity index (χ1n) is 8.27. The van der Waals surface area contributed by atoms with Crippen molar-refractivity contribution in [2.45, 2.75) is 0 Å². The lowest BCUT2D eigenvalue weighted by Crippen LogP contribution is -2.43. The van der Waals surface area contributed by atoms with E-state index in [0.29, 0.717) is 37.9 Å². The first-order valence-corrected chi connectivity index (χ1v) is 8.27. The second kappa shape index (κ2) is 6.11. The molecule has 8 heteroatoms. The Balaban J connectivity index is 1.47. The van der Waals surface area contributed by atoms with Crippen molar-refractivity contribution in [3.05, 3.63) is 42.2 Å². The van der Waals surface area contributed by atoms with Crippen LogP contribution in [0, 0.1) is 17.2 Å². The van der Waals surface area contributed by atoms with Gasteiger partial charge in [-0.3, -0.25) is 4.79 Å². The van der Waals surface area contributed by atoms with Gasteiger partial charge < -0.3 is 19.5 Å². The normalized spacial score (nSPS) is 25.2. The zero-order chi connectivity index (χ0) is 17.4. The Bertz CT molecular complexity index is 778. The average Bonchev–Trinajstić information content (AvgIpc) is 3.27. The first kappa shape index (κ1) is 16.0. The van der Waals surface area contributed by atoms with E-state index in [4.69, 9.17) is 4.74 Å². The van der Waals surface area contributed by atoms with Crippen LogP contribution in [0.3, 0.4) is 0 Å². The lowest BCUT2D eigenvalue weighted by atomic mass is 9.81. The van der Waals surface area contributed by atoms with Crippen molar-refractivity contribution in [1.29, 1.82) is 0 Å². The van der Waals surface area contributed by atoms with Crippen LogP contribution >= 0.6 is 0 Å². The van der Waals surface area contributed by atoms with Crippen LogP contribution in [0.25, 0.3) is 0 Å². The van der Waals surface area contributed by atoms with Gasteiger partial charge in [-0.05, 0) is 12.1 Å². The second-order valence-electron chi connectivity index (χ2n) is 6.84. The first-order chi connectivity index (χ1) is 12.1. The summed E-state index contributed by atoms with van der Waals surface area (Å²) in [7, 11) is 1.85. The number of nitrogens with one attached hydrogen (secondary N) is 1. The smallest absolute Gasteiger partial charge is 0.267 e. The van der Waals surface area contributed by atoms with E-state index in [9.17, 15) is 9.18 Å². The number of halogens is 1. The number of amides is 1. The number of carbonyl (C=O) groups excluding carboxylic acids is 1. The molecule has 2 aromatic heterocycles. The molecule has 4 rings (SSSR count). The van der Waals surface area contributed by atoms with Gasteiger partial charge in [0.1, 0.15) is 5.69 Å². The Kier molecular flexibility index (Phi) is 3.91. The molecule has 2 saturated heterocycles. The summed E-state index contributed by atoms with van der Waals surface area (Å²) in [5.41, 5.74) is 0.460. The number of hydrogen-bond donors (Lipinski definition) is 1. The average molecular weight is 345 g/mol. The van der Waals surface area contributed by atoms with Gasteiger partial charge in [0, 0.05) is 44.2 Å². The second-order valence-corrected chi connectivity index (χ2v) is 6.84. The van der Waals surface area contributed by atoms with E-state index in [2.05, 4.69) is 15.3 Å². The summed E-state index contributed by atoms with van der Waals surface area (Å²) in [5.74, 6) is 0.263. The van der Waals surface area contributed by atoms with E-state index in [1.54, 1.807) is 10.6 Å². The molecule has 2 aliphatic rings. The van der Waals surface area contributed by atoms with E-state index in [1.165, 1.54) is 12.4 Å². The summed E-state index contributed by atoms with van der Waals surface area (Å²) < 4.78 is 20.5. The molecule has 4 heterocycles. The number of aromatic nitrogens is 3. The Morgan fingerprint density at radius 2 is 2.28 bits per heavy atom. The highest BCUT2D eigenvalue weighted by molar-refractivity contribution is 5.92. The molecule has 0 aromatic carbocycles. The van der Waals surface area contributed by atoms with Crippen LogP contribution in [0.4, 0.5) is 10.3 Å². The summed E-state index contributed by atoms with van der Waals surface area (Å²) >= 11 is 0. The van der Waals surface area contributed by atoms with Crippen LogP contribution in [-0.4, -0.2) is 53.3 Å². The third-order valence-electron chi connectivity index (χ3n) is 5.19. The van der Waals surface area contributed by atoms with Crippen molar-refractivity contribution >= 4 is 11.9 Å². The van der Waals surface area contributed by atoms with Gasteiger partial charge in [0.25, 0.3) is 5.91 Å². The Labute approximate surface area is 144 Å². The van der Waals surface area contributed by atoms with Crippen molar-refractivity contribution in [3.8, 4) is 0 Å². The summed E-state index contributed by atoms with van der Waals surface area (Å²) in [6, 6.07) is 3.64. The van der Waals surface area contributed by atoms with Gasteiger partial charge in [-0.1, -0.05) is 0 Å². The largest absolute Gasteiger partial charge is 0.380 e. The monoisotopic (exact) mass is 345 g/mol. The van der Waals surface area contributed by atoms with Crippen molar-refractivity contribution in [1.82, 2.24) is 19.9 Å². The Morgan fingerprint density at radius 1 is 1.48 bits per heavy atom. The molecule has 25 heavy (non-hydrogen) atoms. The lowest BCUT2D eigenvalue weighted by molar-refractivity contribution is 0.0912. The fraction of sp³-hybridized carbons (Fsp3) is 0.471. The maximum absolute atomic E-state index is 13.0. The van der Waals surface area contributed by atoms with Gasteiger partial charge >= 0.3 is 0 Å². The highest BCUT2D eigenvalue weighted by Crippen LogP contribution is 2.41. The maximum Gasteiger partial charge on any atom is 0.267 e. The van der Waals surface area contributed by atoms with Gasteiger partial charge in [0.15, 0.2) is 5.82 Å².